The molecule has 0 fully saturated rings. The van der Waals surface area contributed by atoms with Crippen molar-refractivity contribution in [3.63, 3.8) is 0 Å². The maximum Gasteiger partial charge on any atom is 0.263 e. The van der Waals surface area contributed by atoms with Gasteiger partial charge in [0.05, 0.1) is 18.2 Å². The average molecular weight is 420 g/mol. The molecular formula is C23H21N3O3S. The molecule has 2 aromatic heterocycles. The Morgan fingerprint density at radius 3 is 2.57 bits per heavy atom. The molecule has 2 aromatic carbocycles. The lowest BCUT2D eigenvalue weighted by molar-refractivity contribution is -0.118. The first-order valence-electron chi connectivity index (χ1n) is 9.51. The fourth-order valence-corrected chi connectivity index (χ4v) is 4.47. The fraction of sp³-hybridized carbons (Fsp3) is 0.174. The summed E-state index contributed by atoms with van der Waals surface area (Å²) in [4.78, 5) is 32.4. The molecular weight excluding hydrogens is 398 g/mol. The number of anilines is 1. The van der Waals surface area contributed by atoms with Crippen LogP contribution in [0.5, 0.6) is 5.75 Å². The molecule has 1 amide bonds. The summed E-state index contributed by atoms with van der Waals surface area (Å²) in [5.41, 5.74) is 1.36. The molecule has 0 aliphatic heterocycles. The van der Waals surface area contributed by atoms with E-state index in [1.807, 2.05) is 48.5 Å². The number of benzene rings is 2. The van der Waals surface area contributed by atoms with Crippen molar-refractivity contribution in [3.8, 4) is 16.2 Å². The van der Waals surface area contributed by atoms with E-state index in [9.17, 15) is 9.59 Å². The Bertz CT molecular complexity index is 1280. The van der Waals surface area contributed by atoms with Crippen LogP contribution in [-0.4, -0.2) is 22.6 Å². The minimum absolute atomic E-state index is 0.224. The highest BCUT2D eigenvalue weighted by atomic mass is 32.1. The highest BCUT2D eigenvalue weighted by Crippen LogP contribution is 2.31. The van der Waals surface area contributed by atoms with Crippen molar-refractivity contribution >= 4 is 33.1 Å². The van der Waals surface area contributed by atoms with Gasteiger partial charge in [0.25, 0.3) is 5.56 Å². The third kappa shape index (κ3) is 3.59. The zero-order valence-electron chi connectivity index (χ0n) is 16.9. The molecule has 0 bridgehead atoms. The molecule has 0 spiro atoms. The number of carbonyl (C=O) groups is 1. The smallest absolute Gasteiger partial charge is 0.263 e. The predicted molar refractivity (Wildman–Crippen MR) is 120 cm³/mol. The van der Waals surface area contributed by atoms with Crippen LogP contribution in [0.2, 0.25) is 0 Å². The second-order valence-electron chi connectivity index (χ2n) is 6.90. The number of para-hydroxylation sites is 2. The molecule has 0 aliphatic carbocycles. The second-order valence-corrected chi connectivity index (χ2v) is 7.93. The number of fused-ring (bicyclic) bond motifs is 1. The number of nitrogens with one attached hydrogen (secondary N) is 1. The van der Waals surface area contributed by atoms with Crippen LogP contribution in [0.1, 0.15) is 18.8 Å². The number of hydrogen-bond donors (Lipinski definition) is 1. The van der Waals surface area contributed by atoms with Gasteiger partial charge in [-0.15, -0.1) is 11.3 Å². The van der Waals surface area contributed by atoms with Crippen molar-refractivity contribution in [1.29, 1.82) is 0 Å². The number of hydrogen-bond acceptors (Lipinski definition) is 5. The van der Waals surface area contributed by atoms with Crippen molar-refractivity contribution in [2.24, 2.45) is 0 Å². The van der Waals surface area contributed by atoms with Gasteiger partial charge in [-0.25, -0.2) is 4.98 Å². The number of thiophene rings is 1. The molecule has 7 heteroatoms. The number of amides is 1. The van der Waals surface area contributed by atoms with E-state index in [1.165, 1.54) is 15.9 Å². The summed E-state index contributed by atoms with van der Waals surface area (Å²) in [7, 11) is 1.54. The summed E-state index contributed by atoms with van der Waals surface area (Å²) in [5, 5.41) is 3.36. The lowest BCUT2D eigenvalue weighted by atomic mass is 10.2. The Morgan fingerprint density at radius 2 is 1.83 bits per heavy atom. The molecule has 2 heterocycles. The quantitative estimate of drug-likeness (QED) is 0.511. The third-order valence-electron chi connectivity index (χ3n) is 4.96. The monoisotopic (exact) mass is 419 g/mol. The van der Waals surface area contributed by atoms with E-state index in [1.54, 1.807) is 33.1 Å². The van der Waals surface area contributed by atoms with Crippen LogP contribution in [0, 0.1) is 6.92 Å². The van der Waals surface area contributed by atoms with Gasteiger partial charge < -0.3 is 10.1 Å². The van der Waals surface area contributed by atoms with Gasteiger partial charge in [-0.2, -0.15) is 0 Å². The lowest BCUT2D eigenvalue weighted by Crippen LogP contribution is -2.33. The van der Waals surface area contributed by atoms with Crippen LogP contribution in [0.3, 0.4) is 0 Å². The first kappa shape index (κ1) is 19.8. The summed E-state index contributed by atoms with van der Waals surface area (Å²) >= 11 is 1.47. The zero-order chi connectivity index (χ0) is 21.3. The summed E-state index contributed by atoms with van der Waals surface area (Å²) in [6.45, 7) is 3.44. The van der Waals surface area contributed by atoms with Gasteiger partial charge in [0.2, 0.25) is 5.91 Å². The van der Waals surface area contributed by atoms with E-state index in [-0.39, 0.29) is 11.5 Å². The molecule has 6 nitrogen and oxygen atoms in total. The molecule has 1 unspecified atom stereocenters. The summed E-state index contributed by atoms with van der Waals surface area (Å²) in [6.07, 6.45) is 0. The van der Waals surface area contributed by atoms with Gasteiger partial charge in [-0.05, 0) is 37.6 Å². The first-order valence-corrected chi connectivity index (χ1v) is 10.3. The van der Waals surface area contributed by atoms with E-state index in [4.69, 9.17) is 4.74 Å². The maximum atomic E-state index is 13.2. The standard InChI is InChI=1S/C23H21N3O3S/c1-14(21(27)25-18-11-7-8-12-19(18)29-3)26-15(2)24-22-17(23(26)28)13-20(30-22)16-9-5-4-6-10-16/h4-14H,1-3H3,(H,25,27). The van der Waals surface area contributed by atoms with Crippen molar-refractivity contribution in [2.45, 2.75) is 19.9 Å². The minimum Gasteiger partial charge on any atom is -0.495 e. The Morgan fingerprint density at radius 1 is 1.13 bits per heavy atom. The number of aromatic nitrogens is 2. The summed E-state index contributed by atoms with van der Waals surface area (Å²) in [6, 6.07) is 18.1. The molecule has 0 aliphatic rings. The van der Waals surface area contributed by atoms with Crippen LogP contribution in [0.15, 0.2) is 65.5 Å². The second kappa shape index (κ2) is 8.12. The van der Waals surface area contributed by atoms with Crippen molar-refractivity contribution < 1.29 is 9.53 Å². The number of nitrogens with zero attached hydrogens (tertiary/aromatic N) is 2. The molecule has 0 saturated heterocycles. The maximum absolute atomic E-state index is 13.2. The summed E-state index contributed by atoms with van der Waals surface area (Å²) in [5.74, 6) is 0.738. The van der Waals surface area contributed by atoms with E-state index >= 15 is 0 Å². The van der Waals surface area contributed by atoms with Crippen LogP contribution >= 0.6 is 11.3 Å². The normalized spacial score (nSPS) is 12.0. The fourth-order valence-electron chi connectivity index (χ4n) is 3.40. The Kier molecular flexibility index (Phi) is 5.37. The molecule has 4 rings (SSSR count). The Labute approximate surface area is 177 Å². The minimum atomic E-state index is -0.737. The molecule has 1 N–H and O–H groups in total. The van der Waals surface area contributed by atoms with Gasteiger partial charge in [0.1, 0.15) is 22.4 Å². The molecule has 0 saturated carbocycles. The van der Waals surface area contributed by atoms with Crippen LogP contribution < -0.4 is 15.6 Å². The first-order chi connectivity index (χ1) is 14.5. The van der Waals surface area contributed by atoms with E-state index < -0.39 is 6.04 Å². The predicted octanol–water partition coefficient (Wildman–Crippen LogP) is 4.64. The molecule has 0 radical (unpaired) electrons. The zero-order valence-corrected chi connectivity index (χ0v) is 17.7. The van der Waals surface area contributed by atoms with Gasteiger partial charge in [0.15, 0.2) is 0 Å². The van der Waals surface area contributed by atoms with Crippen molar-refractivity contribution in [3.05, 3.63) is 76.8 Å². The van der Waals surface area contributed by atoms with Crippen molar-refractivity contribution in [1.82, 2.24) is 9.55 Å². The van der Waals surface area contributed by atoms with Crippen LogP contribution in [0.4, 0.5) is 5.69 Å². The van der Waals surface area contributed by atoms with Crippen LogP contribution in [0.25, 0.3) is 20.7 Å². The van der Waals surface area contributed by atoms with Gasteiger partial charge in [-0.3, -0.25) is 14.2 Å². The largest absolute Gasteiger partial charge is 0.495 e. The highest BCUT2D eigenvalue weighted by Gasteiger charge is 2.22. The number of methoxy groups -OCH3 is 1. The SMILES string of the molecule is COc1ccccc1NC(=O)C(C)n1c(C)nc2sc(-c3ccccc3)cc2c1=O. The number of carbonyl (C=O) groups excluding carboxylic acids is 1. The average Bonchev–Trinajstić information content (AvgIpc) is 3.19. The van der Waals surface area contributed by atoms with Crippen molar-refractivity contribution in [2.75, 3.05) is 12.4 Å². The highest BCUT2D eigenvalue weighted by molar-refractivity contribution is 7.21. The number of ether oxygens (including phenoxy) is 1. The van der Waals surface area contributed by atoms with Gasteiger partial charge >= 0.3 is 0 Å². The van der Waals surface area contributed by atoms with Crippen LogP contribution in [-0.2, 0) is 4.79 Å². The van der Waals surface area contributed by atoms with E-state index in [0.717, 1.165) is 10.4 Å². The summed E-state index contributed by atoms with van der Waals surface area (Å²) < 4.78 is 6.73. The molecule has 152 valence electrons. The van der Waals surface area contributed by atoms with E-state index in [0.29, 0.717) is 27.5 Å². The molecule has 30 heavy (non-hydrogen) atoms. The molecule has 1 atom stereocenters. The Hall–Kier alpha value is -3.45. The third-order valence-corrected chi connectivity index (χ3v) is 6.04. The number of rotatable bonds is 5. The van der Waals surface area contributed by atoms with Gasteiger partial charge in [-0.1, -0.05) is 42.5 Å². The topological polar surface area (TPSA) is 73.2 Å². The lowest BCUT2D eigenvalue weighted by Gasteiger charge is -2.18. The molecule has 4 aromatic rings. The van der Waals surface area contributed by atoms with Gasteiger partial charge in [0, 0.05) is 4.88 Å². The van der Waals surface area contributed by atoms with E-state index in [2.05, 4.69) is 10.3 Å². The number of aryl methyl sites for hydroxylation is 1. The Balaban J connectivity index is 1.71.